The van der Waals surface area contributed by atoms with Crippen LogP contribution in [0.5, 0.6) is 0 Å². The van der Waals surface area contributed by atoms with Crippen LogP contribution in [0.2, 0.25) is 0 Å². The van der Waals surface area contributed by atoms with Gasteiger partial charge in [-0.3, -0.25) is 4.79 Å². The lowest BCUT2D eigenvalue weighted by Gasteiger charge is -2.23. The first-order chi connectivity index (χ1) is 10.2. The maximum Gasteiger partial charge on any atom is 0.328 e. The van der Waals surface area contributed by atoms with Crippen molar-refractivity contribution in [2.75, 3.05) is 13.2 Å². The molecule has 2 rings (SSSR count). The topological polar surface area (TPSA) is 46.6 Å². The van der Waals surface area contributed by atoms with Gasteiger partial charge in [0, 0.05) is 13.0 Å². The molecular formula is C17H23NO3. The second-order valence-corrected chi connectivity index (χ2v) is 5.34. The van der Waals surface area contributed by atoms with Crippen LogP contribution in [0, 0.1) is 0 Å². The molecule has 4 heteroatoms. The first-order valence-electron chi connectivity index (χ1n) is 7.72. The van der Waals surface area contributed by atoms with Gasteiger partial charge >= 0.3 is 5.97 Å². The first-order valence-corrected chi connectivity index (χ1v) is 7.72. The third kappa shape index (κ3) is 4.31. The monoisotopic (exact) mass is 289 g/mol. The number of amides is 1. The highest BCUT2D eigenvalue weighted by atomic mass is 16.5. The Bertz CT molecular complexity index is 472. The minimum Gasteiger partial charge on any atom is -0.464 e. The van der Waals surface area contributed by atoms with E-state index in [1.54, 1.807) is 11.8 Å². The number of carbonyl (C=O) groups excluding carboxylic acids is 2. The molecule has 0 N–H and O–H groups in total. The summed E-state index contributed by atoms with van der Waals surface area (Å²) in [6.45, 7) is 2.83. The van der Waals surface area contributed by atoms with Crippen molar-refractivity contribution < 1.29 is 14.3 Å². The molecule has 1 heterocycles. The average Bonchev–Trinajstić information content (AvgIpc) is 2.98. The molecule has 0 saturated carbocycles. The molecule has 21 heavy (non-hydrogen) atoms. The summed E-state index contributed by atoms with van der Waals surface area (Å²) >= 11 is 0. The Balaban J connectivity index is 1.80. The van der Waals surface area contributed by atoms with Crippen LogP contribution < -0.4 is 0 Å². The number of aryl methyl sites for hydroxylation is 1. The smallest absolute Gasteiger partial charge is 0.328 e. The van der Waals surface area contributed by atoms with Crippen LogP contribution in [0.1, 0.15) is 38.2 Å². The SMILES string of the molecule is CCOC(=O)C1CCCN1C(=O)CCCc1ccccc1. The van der Waals surface area contributed by atoms with Gasteiger partial charge in [-0.05, 0) is 38.2 Å². The third-order valence-corrected chi connectivity index (χ3v) is 3.83. The van der Waals surface area contributed by atoms with E-state index in [-0.39, 0.29) is 17.9 Å². The fourth-order valence-corrected chi connectivity index (χ4v) is 2.78. The van der Waals surface area contributed by atoms with Crippen molar-refractivity contribution in [3.63, 3.8) is 0 Å². The van der Waals surface area contributed by atoms with E-state index in [9.17, 15) is 9.59 Å². The number of esters is 1. The Hall–Kier alpha value is -1.84. The molecule has 1 unspecified atom stereocenters. The van der Waals surface area contributed by atoms with Gasteiger partial charge in [0.05, 0.1) is 6.61 Å². The van der Waals surface area contributed by atoms with Crippen molar-refractivity contribution in [2.24, 2.45) is 0 Å². The van der Waals surface area contributed by atoms with E-state index in [1.807, 2.05) is 18.2 Å². The molecule has 0 spiro atoms. The lowest BCUT2D eigenvalue weighted by molar-refractivity contribution is -0.153. The Morgan fingerprint density at radius 3 is 2.76 bits per heavy atom. The third-order valence-electron chi connectivity index (χ3n) is 3.83. The number of hydrogen-bond donors (Lipinski definition) is 0. The molecule has 1 aromatic rings. The molecule has 1 saturated heterocycles. The van der Waals surface area contributed by atoms with Crippen molar-refractivity contribution in [3.05, 3.63) is 35.9 Å². The van der Waals surface area contributed by atoms with Gasteiger partial charge < -0.3 is 9.64 Å². The molecule has 0 aliphatic carbocycles. The minimum absolute atomic E-state index is 0.0708. The summed E-state index contributed by atoms with van der Waals surface area (Å²) in [6, 6.07) is 9.78. The number of carbonyl (C=O) groups is 2. The summed E-state index contributed by atoms with van der Waals surface area (Å²) < 4.78 is 5.05. The summed E-state index contributed by atoms with van der Waals surface area (Å²) in [7, 11) is 0. The van der Waals surface area contributed by atoms with Gasteiger partial charge in [-0.25, -0.2) is 4.79 Å². The van der Waals surface area contributed by atoms with Crippen LogP contribution in [0.3, 0.4) is 0 Å². The molecule has 0 bridgehead atoms. The lowest BCUT2D eigenvalue weighted by Crippen LogP contribution is -2.41. The molecule has 1 amide bonds. The summed E-state index contributed by atoms with van der Waals surface area (Å²) in [5.74, 6) is -0.187. The Morgan fingerprint density at radius 2 is 2.05 bits per heavy atom. The summed E-state index contributed by atoms with van der Waals surface area (Å²) in [5, 5.41) is 0. The molecular weight excluding hydrogens is 266 g/mol. The molecule has 1 fully saturated rings. The Labute approximate surface area is 126 Å². The van der Waals surface area contributed by atoms with Gasteiger partial charge in [0.15, 0.2) is 0 Å². The number of ether oxygens (including phenoxy) is 1. The Kier molecular flexibility index (Phi) is 5.78. The summed E-state index contributed by atoms with van der Waals surface area (Å²) in [4.78, 5) is 25.8. The van der Waals surface area contributed by atoms with Crippen molar-refractivity contribution in [1.29, 1.82) is 0 Å². The quantitative estimate of drug-likeness (QED) is 0.756. The largest absolute Gasteiger partial charge is 0.464 e. The predicted molar refractivity (Wildman–Crippen MR) is 80.7 cm³/mol. The van der Waals surface area contributed by atoms with E-state index in [1.165, 1.54) is 5.56 Å². The zero-order valence-corrected chi connectivity index (χ0v) is 12.6. The molecule has 0 aromatic heterocycles. The van der Waals surface area contributed by atoms with Crippen LogP contribution in [-0.2, 0) is 20.7 Å². The molecule has 114 valence electrons. The predicted octanol–water partition coefficient (Wildman–Crippen LogP) is 2.56. The average molecular weight is 289 g/mol. The highest BCUT2D eigenvalue weighted by Crippen LogP contribution is 2.20. The van der Waals surface area contributed by atoms with Gasteiger partial charge in [-0.1, -0.05) is 30.3 Å². The molecule has 4 nitrogen and oxygen atoms in total. The van der Waals surface area contributed by atoms with E-state index in [0.717, 1.165) is 25.7 Å². The fourth-order valence-electron chi connectivity index (χ4n) is 2.78. The molecule has 1 atom stereocenters. The second kappa shape index (κ2) is 7.81. The van der Waals surface area contributed by atoms with Crippen molar-refractivity contribution in [2.45, 2.75) is 45.1 Å². The zero-order chi connectivity index (χ0) is 15.1. The van der Waals surface area contributed by atoms with Crippen LogP contribution >= 0.6 is 0 Å². The van der Waals surface area contributed by atoms with Crippen LogP contribution in [-0.4, -0.2) is 36.0 Å². The van der Waals surface area contributed by atoms with Crippen molar-refractivity contribution in [3.8, 4) is 0 Å². The standard InChI is InChI=1S/C17H23NO3/c1-2-21-17(20)15-11-7-13-18(15)16(19)12-6-10-14-8-4-3-5-9-14/h3-5,8-9,15H,2,6-7,10-13H2,1H3. The van der Waals surface area contributed by atoms with E-state index in [0.29, 0.717) is 19.6 Å². The highest BCUT2D eigenvalue weighted by Gasteiger charge is 2.34. The molecule has 1 aliphatic rings. The maximum atomic E-state index is 12.3. The van der Waals surface area contributed by atoms with E-state index >= 15 is 0 Å². The second-order valence-electron chi connectivity index (χ2n) is 5.34. The van der Waals surface area contributed by atoms with Crippen LogP contribution in [0.15, 0.2) is 30.3 Å². The molecule has 1 aliphatic heterocycles. The van der Waals surface area contributed by atoms with Gasteiger partial charge in [0.2, 0.25) is 5.91 Å². The van der Waals surface area contributed by atoms with Gasteiger partial charge in [-0.15, -0.1) is 0 Å². The lowest BCUT2D eigenvalue weighted by atomic mass is 10.1. The van der Waals surface area contributed by atoms with Crippen molar-refractivity contribution >= 4 is 11.9 Å². The maximum absolute atomic E-state index is 12.3. The van der Waals surface area contributed by atoms with Crippen LogP contribution in [0.25, 0.3) is 0 Å². The van der Waals surface area contributed by atoms with Gasteiger partial charge in [0.1, 0.15) is 6.04 Å². The number of likely N-dealkylation sites (tertiary alicyclic amines) is 1. The summed E-state index contributed by atoms with van der Waals surface area (Å²) in [5.41, 5.74) is 1.24. The van der Waals surface area contributed by atoms with E-state index in [4.69, 9.17) is 4.74 Å². The Morgan fingerprint density at radius 1 is 1.29 bits per heavy atom. The molecule has 1 aromatic carbocycles. The number of benzene rings is 1. The highest BCUT2D eigenvalue weighted by molar-refractivity contribution is 5.85. The van der Waals surface area contributed by atoms with Gasteiger partial charge in [-0.2, -0.15) is 0 Å². The number of hydrogen-bond acceptors (Lipinski definition) is 3. The van der Waals surface area contributed by atoms with E-state index in [2.05, 4.69) is 12.1 Å². The number of nitrogens with zero attached hydrogens (tertiary/aromatic N) is 1. The van der Waals surface area contributed by atoms with E-state index < -0.39 is 0 Å². The van der Waals surface area contributed by atoms with Gasteiger partial charge in [0.25, 0.3) is 0 Å². The first kappa shape index (κ1) is 15.5. The zero-order valence-electron chi connectivity index (χ0n) is 12.6. The number of rotatable bonds is 6. The fraction of sp³-hybridized carbons (Fsp3) is 0.529. The normalized spacial score (nSPS) is 17.8. The summed E-state index contributed by atoms with van der Waals surface area (Å²) in [6.07, 6.45) is 3.81. The molecule has 0 radical (unpaired) electrons. The van der Waals surface area contributed by atoms with Crippen LogP contribution in [0.4, 0.5) is 0 Å². The van der Waals surface area contributed by atoms with Crippen molar-refractivity contribution in [1.82, 2.24) is 4.90 Å². The minimum atomic E-state index is -0.367.